The predicted molar refractivity (Wildman–Crippen MR) is 67.5 cm³/mol. The number of anilines is 3. The maximum Gasteiger partial charge on any atom is 0.227 e. The monoisotopic (exact) mass is 230 g/mol. The van der Waals surface area contributed by atoms with Crippen LogP contribution in [0.5, 0.6) is 5.75 Å². The number of nitrogens with one attached hydrogen (secondary N) is 1. The van der Waals surface area contributed by atoms with Crippen LogP contribution < -0.4 is 15.8 Å². The average molecular weight is 230 g/mol. The number of hydrogen-bond acceptors (Lipinski definition) is 5. The summed E-state index contributed by atoms with van der Waals surface area (Å²) >= 11 is 0. The van der Waals surface area contributed by atoms with Crippen LogP contribution in [0.4, 0.5) is 17.3 Å². The van der Waals surface area contributed by atoms with Gasteiger partial charge >= 0.3 is 0 Å². The van der Waals surface area contributed by atoms with Crippen LogP contribution in [0.3, 0.4) is 0 Å². The Morgan fingerprint density at radius 3 is 2.53 bits per heavy atom. The van der Waals surface area contributed by atoms with Crippen LogP contribution in [-0.2, 0) is 0 Å². The summed E-state index contributed by atoms with van der Waals surface area (Å²) in [4.78, 5) is 8.16. The van der Waals surface area contributed by atoms with Crippen molar-refractivity contribution in [2.45, 2.75) is 6.92 Å². The molecule has 5 heteroatoms. The third-order valence-electron chi connectivity index (χ3n) is 2.35. The van der Waals surface area contributed by atoms with Crippen LogP contribution in [0.15, 0.2) is 30.6 Å². The summed E-state index contributed by atoms with van der Waals surface area (Å²) in [5, 5.41) is 3.12. The fraction of sp³-hybridized carbons (Fsp3) is 0.167. The molecule has 0 bridgehead atoms. The van der Waals surface area contributed by atoms with E-state index in [2.05, 4.69) is 15.3 Å². The number of nitrogens with two attached hydrogens (primary N) is 1. The molecule has 2 rings (SSSR count). The Bertz CT molecular complexity index is 510. The summed E-state index contributed by atoms with van der Waals surface area (Å²) < 4.78 is 5.14. The fourth-order valence-corrected chi connectivity index (χ4v) is 1.43. The number of hydrogen-bond donors (Lipinski definition) is 2. The second kappa shape index (κ2) is 4.69. The number of methoxy groups -OCH3 is 1. The molecule has 0 aliphatic rings. The molecule has 88 valence electrons. The van der Waals surface area contributed by atoms with Crippen molar-refractivity contribution in [1.29, 1.82) is 0 Å². The summed E-state index contributed by atoms with van der Waals surface area (Å²) in [6, 6.07) is 5.75. The molecule has 0 spiro atoms. The third kappa shape index (κ3) is 2.63. The summed E-state index contributed by atoms with van der Waals surface area (Å²) in [5.41, 5.74) is 8.06. The van der Waals surface area contributed by atoms with Gasteiger partial charge in [-0.05, 0) is 30.7 Å². The summed E-state index contributed by atoms with van der Waals surface area (Å²) in [6.45, 7) is 1.99. The number of ether oxygens (including phenoxy) is 1. The van der Waals surface area contributed by atoms with E-state index < -0.39 is 0 Å². The van der Waals surface area contributed by atoms with Gasteiger partial charge in [-0.25, -0.2) is 9.97 Å². The maximum absolute atomic E-state index is 5.52. The van der Waals surface area contributed by atoms with E-state index in [1.807, 2.05) is 25.1 Å². The minimum absolute atomic E-state index is 0.521. The van der Waals surface area contributed by atoms with Crippen molar-refractivity contribution >= 4 is 17.3 Å². The van der Waals surface area contributed by atoms with E-state index in [-0.39, 0.29) is 0 Å². The van der Waals surface area contributed by atoms with E-state index in [1.165, 1.54) is 0 Å². The second-order valence-electron chi connectivity index (χ2n) is 3.65. The largest absolute Gasteiger partial charge is 0.497 e. The Balaban J connectivity index is 2.21. The van der Waals surface area contributed by atoms with E-state index in [9.17, 15) is 0 Å². The van der Waals surface area contributed by atoms with Crippen LogP contribution >= 0.6 is 0 Å². The van der Waals surface area contributed by atoms with Crippen molar-refractivity contribution in [1.82, 2.24) is 9.97 Å². The fourth-order valence-electron chi connectivity index (χ4n) is 1.43. The molecule has 0 radical (unpaired) electrons. The molecule has 0 amide bonds. The maximum atomic E-state index is 5.52. The Morgan fingerprint density at radius 1 is 1.24 bits per heavy atom. The van der Waals surface area contributed by atoms with Gasteiger partial charge in [0.05, 0.1) is 25.2 Å². The Kier molecular flexibility index (Phi) is 3.09. The van der Waals surface area contributed by atoms with Gasteiger partial charge in [0, 0.05) is 5.69 Å². The predicted octanol–water partition coefficient (Wildman–Crippen LogP) is 2.12. The molecule has 3 N–H and O–H groups in total. The number of rotatable bonds is 3. The molecular formula is C12H14N4O. The highest BCUT2D eigenvalue weighted by atomic mass is 16.5. The van der Waals surface area contributed by atoms with E-state index in [0.717, 1.165) is 17.0 Å². The lowest BCUT2D eigenvalue weighted by Crippen LogP contribution is -1.99. The molecule has 17 heavy (non-hydrogen) atoms. The average Bonchev–Trinajstić information content (AvgIpc) is 2.34. The first kappa shape index (κ1) is 11.2. The lowest BCUT2D eigenvalue weighted by atomic mass is 10.2. The van der Waals surface area contributed by atoms with Crippen molar-refractivity contribution in [3.8, 4) is 5.75 Å². The second-order valence-corrected chi connectivity index (χ2v) is 3.65. The zero-order valence-electron chi connectivity index (χ0n) is 9.77. The highest BCUT2D eigenvalue weighted by molar-refractivity contribution is 5.60. The molecule has 0 fully saturated rings. The molecule has 0 atom stereocenters. The smallest absolute Gasteiger partial charge is 0.227 e. The Hall–Kier alpha value is -2.30. The van der Waals surface area contributed by atoms with E-state index in [4.69, 9.17) is 10.5 Å². The van der Waals surface area contributed by atoms with Crippen LogP contribution in [0.1, 0.15) is 5.56 Å². The first-order chi connectivity index (χ1) is 8.19. The molecule has 0 aliphatic carbocycles. The van der Waals surface area contributed by atoms with Crippen LogP contribution in [-0.4, -0.2) is 17.1 Å². The van der Waals surface area contributed by atoms with E-state index in [1.54, 1.807) is 19.5 Å². The zero-order valence-corrected chi connectivity index (χ0v) is 9.77. The number of aromatic nitrogens is 2. The highest BCUT2D eigenvalue weighted by Crippen LogP contribution is 2.23. The van der Waals surface area contributed by atoms with Gasteiger partial charge in [0.1, 0.15) is 5.75 Å². The summed E-state index contributed by atoms with van der Waals surface area (Å²) in [7, 11) is 1.64. The molecular weight excluding hydrogens is 216 g/mol. The lowest BCUT2D eigenvalue weighted by molar-refractivity contribution is 0.414. The van der Waals surface area contributed by atoms with Crippen molar-refractivity contribution in [2.75, 3.05) is 18.2 Å². The quantitative estimate of drug-likeness (QED) is 0.844. The topological polar surface area (TPSA) is 73.1 Å². The number of aryl methyl sites for hydroxylation is 1. The van der Waals surface area contributed by atoms with Gasteiger partial charge < -0.3 is 15.8 Å². The van der Waals surface area contributed by atoms with E-state index in [0.29, 0.717) is 11.6 Å². The molecule has 0 saturated carbocycles. The minimum atomic E-state index is 0.521. The zero-order chi connectivity index (χ0) is 12.3. The molecule has 0 unspecified atom stereocenters. The summed E-state index contributed by atoms with van der Waals surface area (Å²) in [5.74, 6) is 1.35. The molecule has 0 saturated heterocycles. The normalized spacial score (nSPS) is 10.0. The standard InChI is InChI=1S/C12H14N4O/c1-8-5-10(17-2)3-4-11(8)16-12-14-6-9(13)7-15-12/h3-7H,13H2,1-2H3,(H,14,15,16). The molecule has 1 heterocycles. The number of benzene rings is 1. The van der Waals surface area contributed by atoms with Crippen LogP contribution in [0, 0.1) is 6.92 Å². The molecule has 1 aromatic heterocycles. The van der Waals surface area contributed by atoms with Gasteiger partial charge in [0.2, 0.25) is 5.95 Å². The van der Waals surface area contributed by atoms with Gasteiger partial charge in [-0.3, -0.25) is 0 Å². The number of nitrogens with zero attached hydrogens (tertiary/aromatic N) is 2. The third-order valence-corrected chi connectivity index (χ3v) is 2.35. The van der Waals surface area contributed by atoms with Gasteiger partial charge in [0.15, 0.2) is 0 Å². The highest BCUT2D eigenvalue weighted by Gasteiger charge is 2.02. The van der Waals surface area contributed by atoms with Crippen LogP contribution in [0.25, 0.3) is 0 Å². The Labute approximate surface area is 99.7 Å². The summed E-state index contributed by atoms with van der Waals surface area (Å²) in [6.07, 6.45) is 3.13. The minimum Gasteiger partial charge on any atom is -0.497 e. The first-order valence-corrected chi connectivity index (χ1v) is 5.18. The van der Waals surface area contributed by atoms with Crippen molar-refractivity contribution in [3.63, 3.8) is 0 Å². The van der Waals surface area contributed by atoms with Crippen molar-refractivity contribution in [2.24, 2.45) is 0 Å². The van der Waals surface area contributed by atoms with Crippen molar-refractivity contribution < 1.29 is 4.74 Å². The number of nitrogen functional groups attached to an aromatic ring is 1. The van der Waals surface area contributed by atoms with Crippen molar-refractivity contribution in [3.05, 3.63) is 36.2 Å². The molecule has 5 nitrogen and oxygen atoms in total. The van der Waals surface area contributed by atoms with Gasteiger partial charge in [-0.1, -0.05) is 0 Å². The van der Waals surface area contributed by atoms with Gasteiger partial charge in [-0.2, -0.15) is 0 Å². The molecule has 1 aromatic carbocycles. The Morgan fingerprint density at radius 2 is 1.94 bits per heavy atom. The molecule has 0 aliphatic heterocycles. The first-order valence-electron chi connectivity index (χ1n) is 5.18. The lowest BCUT2D eigenvalue weighted by Gasteiger charge is -2.09. The SMILES string of the molecule is COc1ccc(Nc2ncc(N)cn2)c(C)c1. The van der Waals surface area contributed by atoms with Gasteiger partial charge in [0.25, 0.3) is 0 Å². The van der Waals surface area contributed by atoms with Gasteiger partial charge in [-0.15, -0.1) is 0 Å². The van der Waals surface area contributed by atoms with Crippen LogP contribution in [0.2, 0.25) is 0 Å². The van der Waals surface area contributed by atoms with E-state index >= 15 is 0 Å². The molecule has 2 aromatic rings.